The standard InChI is InChI=1S/C22H26FN3O6S/c1-3-13-32-19-11-6-15(14-20(19)31-2)21(27)24-25-22(28)18-5-4-12-26(18)33(29,30)17-9-7-16(23)8-10-17/h6-11,14,18H,3-5,12-13H2,1-2H3,(H,24,27)(H,25,28). The van der Waals surface area contributed by atoms with Gasteiger partial charge >= 0.3 is 0 Å². The van der Waals surface area contributed by atoms with Gasteiger partial charge in [0.2, 0.25) is 10.0 Å². The van der Waals surface area contributed by atoms with Gasteiger partial charge < -0.3 is 9.47 Å². The molecule has 2 aromatic carbocycles. The van der Waals surface area contributed by atoms with E-state index in [9.17, 15) is 22.4 Å². The van der Waals surface area contributed by atoms with Gasteiger partial charge in [-0.05, 0) is 61.7 Å². The molecule has 3 rings (SSSR count). The Balaban J connectivity index is 1.66. The molecule has 0 radical (unpaired) electrons. The number of hydrogen-bond acceptors (Lipinski definition) is 6. The number of halogens is 1. The van der Waals surface area contributed by atoms with Crippen LogP contribution in [0, 0.1) is 5.82 Å². The van der Waals surface area contributed by atoms with E-state index in [1.54, 1.807) is 6.07 Å². The maximum absolute atomic E-state index is 13.2. The van der Waals surface area contributed by atoms with Gasteiger partial charge in [0.25, 0.3) is 11.8 Å². The summed E-state index contributed by atoms with van der Waals surface area (Å²) in [5.41, 5.74) is 4.82. The smallest absolute Gasteiger partial charge is 0.269 e. The van der Waals surface area contributed by atoms with Gasteiger partial charge in [-0.25, -0.2) is 12.8 Å². The van der Waals surface area contributed by atoms with Crippen molar-refractivity contribution in [1.29, 1.82) is 0 Å². The maximum Gasteiger partial charge on any atom is 0.269 e. The van der Waals surface area contributed by atoms with Crippen LogP contribution in [0.15, 0.2) is 47.4 Å². The van der Waals surface area contributed by atoms with E-state index in [-0.39, 0.29) is 17.0 Å². The Labute approximate surface area is 191 Å². The number of amides is 2. The number of hydrazine groups is 1. The zero-order chi connectivity index (χ0) is 24.0. The van der Waals surface area contributed by atoms with Gasteiger partial charge in [-0.3, -0.25) is 20.4 Å². The highest BCUT2D eigenvalue weighted by molar-refractivity contribution is 7.89. The molecule has 33 heavy (non-hydrogen) atoms. The van der Waals surface area contributed by atoms with E-state index in [0.717, 1.165) is 35.0 Å². The van der Waals surface area contributed by atoms with Crippen LogP contribution in [0.25, 0.3) is 0 Å². The number of hydrogen-bond donors (Lipinski definition) is 2. The monoisotopic (exact) mass is 479 g/mol. The molecule has 2 N–H and O–H groups in total. The van der Waals surface area contributed by atoms with Crippen molar-refractivity contribution >= 4 is 21.8 Å². The Bertz CT molecular complexity index is 1110. The summed E-state index contributed by atoms with van der Waals surface area (Å²) in [6.45, 7) is 2.60. The number of carbonyl (C=O) groups excluding carboxylic acids is 2. The topological polar surface area (TPSA) is 114 Å². The van der Waals surface area contributed by atoms with Crippen LogP contribution in [-0.2, 0) is 14.8 Å². The molecule has 0 aliphatic carbocycles. The molecular weight excluding hydrogens is 453 g/mol. The van der Waals surface area contributed by atoms with Crippen molar-refractivity contribution in [2.45, 2.75) is 37.1 Å². The van der Waals surface area contributed by atoms with Crippen molar-refractivity contribution in [1.82, 2.24) is 15.2 Å². The number of nitrogens with one attached hydrogen (secondary N) is 2. The first kappa shape index (κ1) is 24.5. The van der Waals surface area contributed by atoms with E-state index in [2.05, 4.69) is 10.9 Å². The van der Waals surface area contributed by atoms with Gasteiger partial charge in [0.15, 0.2) is 11.5 Å². The van der Waals surface area contributed by atoms with Gasteiger partial charge in [-0.15, -0.1) is 0 Å². The summed E-state index contributed by atoms with van der Waals surface area (Å²) in [5.74, 6) is -0.965. The zero-order valence-corrected chi connectivity index (χ0v) is 19.2. The first-order valence-corrected chi connectivity index (χ1v) is 11.9. The number of sulfonamides is 1. The number of methoxy groups -OCH3 is 1. The van der Waals surface area contributed by atoms with Crippen LogP contribution in [0.5, 0.6) is 11.5 Å². The number of ether oxygens (including phenoxy) is 2. The first-order valence-electron chi connectivity index (χ1n) is 10.5. The van der Waals surface area contributed by atoms with E-state index < -0.39 is 33.7 Å². The highest BCUT2D eigenvalue weighted by Gasteiger charge is 2.39. The second-order valence-electron chi connectivity index (χ2n) is 7.39. The van der Waals surface area contributed by atoms with Crippen molar-refractivity contribution in [3.8, 4) is 11.5 Å². The molecule has 2 aromatic rings. The van der Waals surface area contributed by atoms with Gasteiger partial charge in [-0.2, -0.15) is 4.31 Å². The van der Waals surface area contributed by atoms with E-state index in [0.29, 0.717) is 30.9 Å². The van der Waals surface area contributed by atoms with Crippen LogP contribution in [0.3, 0.4) is 0 Å². The average Bonchev–Trinajstić information content (AvgIpc) is 3.32. The van der Waals surface area contributed by atoms with E-state index in [1.807, 2.05) is 6.92 Å². The molecular formula is C22H26FN3O6S. The lowest BCUT2D eigenvalue weighted by molar-refractivity contribution is -0.125. The Morgan fingerprint density at radius 1 is 1.12 bits per heavy atom. The van der Waals surface area contributed by atoms with Crippen LogP contribution in [0.1, 0.15) is 36.5 Å². The van der Waals surface area contributed by atoms with Gasteiger partial charge in [-0.1, -0.05) is 6.92 Å². The molecule has 2 amide bonds. The molecule has 0 saturated carbocycles. The summed E-state index contributed by atoms with van der Waals surface area (Å²) in [5, 5.41) is 0. The number of carbonyl (C=O) groups is 2. The highest BCUT2D eigenvalue weighted by atomic mass is 32.2. The number of nitrogens with zero attached hydrogens (tertiary/aromatic N) is 1. The molecule has 1 fully saturated rings. The molecule has 1 heterocycles. The average molecular weight is 480 g/mol. The van der Waals surface area contributed by atoms with E-state index in [4.69, 9.17) is 9.47 Å². The third-order valence-electron chi connectivity index (χ3n) is 5.11. The van der Waals surface area contributed by atoms with Crippen molar-refractivity contribution in [2.75, 3.05) is 20.3 Å². The fourth-order valence-corrected chi connectivity index (χ4v) is 5.10. The minimum Gasteiger partial charge on any atom is -0.493 e. The van der Waals surface area contributed by atoms with E-state index >= 15 is 0 Å². The number of benzene rings is 2. The molecule has 0 bridgehead atoms. The lowest BCUT2D eigenvalue weighted by Crippen LogP contribution is -2.51. The Morgan fingerprint density at radius 3 is 2.52 bits per heavy atom. The molecule has 0 aromatic heterocycles. The third-order valence-corrected chi connectivity index (χ3v) is 7.04. The lowest BCUT2D eigenvalue weighted by atomic mass is 10.2. The maximum atomic E-state index is 13.2. The Kier molecular flexibility index (Phi) is 7.88. The largest absolute Gasteiger partial charge is 0.493 e. The molecule has 11 heteroatoms. The van der Waals surface area contributed by atoms with Gasteiger partial charge in [0, 0.05) is 12.1 Å². The molecule has 1 aliphatic rings. The molecule has 1 saturated heterocycles. The summed E-state index contributed by atoms with van der Waals surface area (Å²) in [7, 11) is -2.55. The molecule has 1 unspecified atom stereocenters. The van der Waals surface area contributed by atoms with Crippen LogP contribution in [0.4, 0.5) is 4.39 Å². The second-order valence-corrected chi connectivity index (χ2v) is 9.28. The first-order chi connectivity index (χ1) is 15.8. The summed E-state index contributed by atoms with van der Waals surface area (Å²) < 4.78 is 50.9. The predicted octanol–water partition coefficient (Wildman–Crippen LogP) is 2.24. The van der Waals surface area contributed by atoms with Gasteiger partial charge in [0.05, 0.1) is 18.6 Å². The second kappa shape index (κ2) is 10.6. The van der Waals surface area contributed by atoms with Crippen LogP contribution < -0.4 is 20.3 Å². The van der Waals surface area contributed by atoms with E-state index in [1.165, 1.54) is 19.2 Å². The SMILES string of the molecule is CCCOc1ccc(C(=O)NNC(=O)C2CCCN2S(=O)(=O)c2ccc(F)cc2)cc1OC. The summed E-state index contributed by atoms with van der Waals surface area (Å²) >= 11 is 0. The quantitative estimate of drug-likeness (QED) is 0.562. The molecule has 9 nitrogen and oxygen atoms in total. The van der Waals surface area contributed by atoms with Crippen LogP contribution >= 0.6 is 0 Å². The van der Waals surface area contributed by atoms with Gasteiger partial charge in [0.1, 0.15) is 11.9 Å². The number of rotatable bonds is 8. The molecule has 0 spiro atoms. The molecule has 1 aliphatic heterocycles. The minimum atomic E-state index is -4.00. The molecule has 1 atom stereocenters. The Morgan fingerprint density at radius 2 is 1.85 bits per heavy atom. The lowest BCUT2D eigenvalue weighted by Gasteiger charge is -2.23. The van der Waals surface area contributed by atoms with Crippen LogP contribution in [0.2, 0.25) is 0 Å². The van der Waals surface area contributed by atoms with Crippen LogP contribution in [-0.4, -0.2) is 50.8 Å². The summed E-state index contributed by atoms with van der Waals surface area (Å²) in [4.78, 5) is 25.1. The molecule has 178 valence electrons. The van der Waals surface area contributed by atoms with Crippen molar-refractivity contribution in [3.05, 3.63) is 53.8 Å². The fraction of sp³-hybridized carbons (Fsp3) is 0.364. The minimum absolute atomic E-state index is 0.106. The predicted molar refractivity (Wildman–Crippen MR) is 118 cm³/mol. The third kappa shape index (κ3) is 5.60. The Hall–Kier alpha value is -3.18. The normalized spacial score (nSPS) is 16.3. The fourth-order valence-electron chi connectivity index (χ4n) is 3.45. The summed E-state index contributed by atoms with van der Waals surface area (Å²) in [6.07, 6.45) is 1.58. The highest BCUT2D eigenvalue weighted by Crippen LogP contribution is 2.28. The van der Waals surface area contributed by atoms with Crippen molar-refractivity contribution in [2.24, 2.45) is 0 Å². The summed E-state index contributed by atoms with van der Waals surface area (Å²) in [6, 6.07) is 8.00. The van der Waals surface area contributed by atoms with Crippen molar-refractivity contribution < 1.29 is 31.9 Å². The zero-order valence-electron chi connectivity index (χ0n) is 18.3. The van der Waals surface area contributed by atoms with Crippen molar-refractivity contribution in [3.63, 3.8) is 0 Å².